The Labute approximate surface area is 161 Å². The highest BCUT2D eigenvalue weighted by atomic mass is 16.3. The van der Waals surface area contributed by atoms with Gasteiger partial charge in [0, 0.05) is 10.9 Å². The number of benzene rings is 2. The molecule has 1 aromatic heterocycles. The normalized spacial score (nSPS) is 15.0. The fraction of sp³-hybridized carbons (Fsp3) is 0.190. The summed E-state index contributed by atoms with van der Waals surface area (Å²) in [6.45, 7) is 2.07. The Kier molecular flexibility index (Phi) is 4.57. The summed E-state index contributed by atoms with van der Waals surface area (Å²) in [5.41, 5.74) is 2.04. The second-order valence-electron chi connectivity index (χ2n) is 6.72. The van der Waals surface area contributed by atoms with Crippen LogP contribution < -0.4 is 10.6 Å². The van der Waals surface area contributed by atoms with Gasteiger partial charge in [0.2, 0.25) is 5.91 Å². The van der Waals surface area contributed by atoms with Gasteiger partial charge in [-0.05, 0) is 36.8 Å². The molecule has 4 rings (SSSR count). The zero-order valence-corrected chi connectivity index (χ0v) is 15.3. The highest BCUT2D eigenvalue weighted by Crippen LogP contribution is 2.23. The van der Waals surface area contributed by atoms with Crippen LogP contribution in [0.15, 0.2) is 59.0 Å². The molecule has 4 amide bonds. The van der Waals surface area contributed by atoms with E-state index >= 15 is 0 Å². The van der Waals surface area contributed by atoms with Crippen molar-refractivity contribution in [1.82, 2.24) is 15.5 Å². The number of amides is 4. The molecule has 0 unspecified atom stereocenters. The van der Waals surface area contributed by atoms with Gasteiger partial charge in [0.1, 0.15) is 11.3 Å². The Bertz CT molecular complexity index is 1010. The third kappa shape index (κ3) is 3.46. The molecule has 7 heteroatoms. The first kappa shape index (κ1) is 17.8. The standard InChI is InChI=1S/C21H19N3O4/c1-13(18-10-16-4-2-3-5-17(16)28-18)23-20(26)15-8-6-14(7-9-15)12-24-19(25)11-22-21(24)27/h2-10,13H,11-12H2,1H3,(H,22,27)(H,23,26)/t13-/m1/s1. The van der Waals surface area contributed by atoms with Crippen molar-refractivity contribution < 1.29 is 18.8 Å². The van der Waals surface area contributed by atoms with E-state index < -0.39 is 6.03 Å². The molecule has 7 nitrogen and oxygen atoms in total. The summed E-state index contributed by atoms with van der Waals surface area (Å²) in [6, 6.07) is 15.7. The van der Waals surface area contributed by atoms with Gasteiger partial charge >= 0.3 is 6.03 Å². The second kappa shape index (κ2) is 7.19. The van der Waals surface area contributed by atoms with Gasteiger partial charge in [0.05, 0.1) is 19.1 Å². The van der Waals surface area contributed by atoms with Crippen molar-refractivity contribution >= 4 is 28.8 Å². The van der Waals surface area contributed by atoms with E-state index in [0.29, 0.717) is 11.3 Å². The number of carbonyl (C=O) groups excluding carboxylic acids is 3. The third-order valence-electron chi connectivity index (χ3n) is 4.71. The van der Waals surface area contributed by atoms with Gasteiger partial charge in [0.15, 0.2) is 0 Å². The number of fused-ring (bicyclic) bond motifs is 1. The van der Waals surface area contributed by atoms with Crippen LogP contribution in [-0.4, -0.2) is 29.3 Å². The number of nitrogens with one attached hydrogen (secondary N) is 2. The Hall–Kier alpha value is -3.61. The number of carbonyl (C=O) groups is 3. The van der Waals surface area contributed by atoms with Crippen molar-refractivity contribution in [1.29, 1.82) is 0 Å². The lowest BCUT2D eigenvalue weighted by Crippen LogP contribution is -2.30. The Balaban J connectivity index is 1.41. The SMILES string of the molecule is C[C@@H](NC(=O)c1ccc(CN2C(=O)CNC2=O)cc1)c1cc2ccccc2o1. The first-order valence-electron chi connectivity index (χ1n) is 8.98. The van der Waals surface area contributed by atoms with E-state index in [2.05, 4.69) is 10.6 Å². The van der Waals surface area contributed by atoms with Crippen LogP contribution in [0.5, 0.6) is 0 Å². The quantitative estimate of drug-likeness (QED) is 0.669. The molecule has 1 fully saturated rings. The van der Waals surface area contributed by atoms with Gasteiger partial charge < -0.3 is 15.1 Å². The number of urea groups is 1. The molecule has 1 atom stereocenters. The van der Waals surface area contributed by atoms with Gasteiger partial charge in [-0.3, -0.25) is 14.5 Å². The number of imide groups is 1. The number of nitrogens with zero attached hydrogens (tertiary/aromatic N) is 1. The second-order valence-corrected chi connectivity index (χ2v) is 6.72. The minimum absolute atomic E-state index is 0.0268. The maximum Gasteiger partial charge on any atom is 0.324 e. The lowest BCUT2D eigenvalue weighted by atomic mass is 10.1. The van der Waals surface area contributed by atoms with Crippen LogP contribution in [0, 0.1) is 0 Å². The molecule has 28 heavy (non-hydrogen) atoms. The zero-order chi connectivity index (χ0) is 19.7. The van der Waals surface area contributed by atoms with Crippen molar-refractivity contribution in [3.63, 3.8) is 0 Å². The lowest BCUT2D eigenvalue weighted by molar-refractivity contribution is -0.125. The van der Waals surface area contributed by atoms with E-state index in [1.807, 2.05) is 37.3 Å². The summed E-state index contributed by atoms with van der Waals surface area (Å²) in [7, 11) is 0. The number of rotatable bonds is 5. The van der Waals surface area contributed by atoms with Crippen LogP contribution in [0.4, 0.5) is 4.79 Å². The van der Waals surface area contributed by atoms with E-state index in [4.69, 9.17) is 4.42 Å². The molecule has 1 aliphatic rings. The van der Waals surface area contributed by atoms with E-state index in [-0.39, 0.29) is 30.9 Å². The van der Waals surface area contributed by atoms with Gasteiger partial charge in [-0.15, -0.1) is 0 Å². The molecular weight excluding hydrogens is 358 g/mol. The van der Waals surface area contributed by atoms with Gasteiger partial charge in [-0.25, -0.2) is 4.79 Å². The maximum atomic E-state index is 12.5. The maximum absolute atomic E-state index is 12.5. The molecule has 0 spiro atoms. The smallest absolute Gasteiger partial charge is 0.324 e. The predicted molar refractivity (Wildman–Crippen MR) is 102 cm³/mol. The van der Waals surface area contributed by atoms with Crippen LogP contribution in [-0.2, 0) is 11.3 Å². The predicted octanol–water partition coefficient (Wildman–Crippen LogP) is 2.98. The molecule has 3 aromatic rings. The van der Waals surface area contributed by atoms with Gasteiger partial charge in [0.25, 0.3) is 5.91 Å². The summed E-state index contributed by atoms with van der Waals surface area (Å²) < 4.78 is 5.79. The molecular formula is C21H19N3O4. The van der Waals surface area contributed by atoms with Gasteiger partial charge in [-0.2, -0.15) is 0 Å². The topological polar surface area (TPSA) is 91.7 Å². The minimum Gasteiger partial charge on any atom is -0.459 e. The first-order chi connectivity index (χ1) is 13.5. The molecule has 0 bridgehead atoms. The number of furan rings is 1. The molecule has 142 valence electrons. The molecule has 2 heterocycles. The molecule has 0 saturated carbocycles. The number of hydrogen-bond donors (Lipinski definition) is 2. The van der Waals surface area contributed by atoms with Crippen LogP contribution in [0.2, 0.25) is 0 Å². The van der Waals surface area contributed by atoms with Crippen LogP contribution in [0.25, 0.3) is 11.0 Å². The van der Waals surface area contributed by atoms with E-state index in [9.17, 15) is 14.4 Å². The summed E-state index contributed by atoms with van der Waals surface area (Å²) in [6.07, 6.45) is 0. The van der Waals surface area contributed by atoms with Crippen LogP contribution in [0.1, 0.15) is 34.6 Å². The first-order valence-corrected chi connectivity index (χ1v) is 8.98. The lowest BCUT2D eigenvalue weighted by Gasteiger charge is -2.14. The van der Waals surface area contributed by atoms with E-state index in [1.165, 1.54) is 0 Å². The minimum atomic E-state index is -0.397. The molecule has 0 radical (unpaired) electrons. The summed E-state index contributed by atoms with van der Waals surface area (Å²) in [5.74, 6) is 0.200. The highest BCUT2D eigenvalue weighted by molar-refractivity contribution is 6.01. The van der Waals surface area contributed by atoms with Crippen LogP contribution in [0.3, 0.4) is 0 Å². The fourth-order valence-electron chi connectivity index (χ4n) is 3.13. The Morgan fingerprint density at radius 3 is 2.61 bits per heavy atom. The van der Waals surface area contributed by atoms with Crippen molar-refractivity contribution in [2.75, 3.05) is 6.54 Å². The molecule has 0 aliphatic carbocycles. The number of hydrogen-bond acceptors (Lipinski definition) is 4. The van der Waals surface area contributed by atoms with Gasteiger partial charge in [-0.1, -0.05) is 30.3 Å². The van der Waals surface area contributed by atoms with Crippen molar-refractivity contribution in [2.24, 2.45) is 0 Å². The summed E-state index contributed by atoms with van der Waals surface area (Å²) in [4.78, 5) is 36.9. The molecule has 1 saturated heterocycles. The summed E-state index contributed by atoms with van der Waals surface area (Å²) in [5, 5.41) is 6.39. The van der Waals surface area contributed by atoms with Crippen molar-refractivity contribution in [2.45, 2.75) is 19.5 Å². The van der Waals surface area contributed by atoms with Crippen molar-refractivity contribution in [3.8, 4) is 0 Å². The molecule has 1 aliphatic heterocycles. The van der Waals surface area contributed by atoms with E-state index in [0.717, 1.165) is 21.4 Å². The number of para-hydroxylation sites is 1. The van der Waals surface area contributed by atoms with Crippen molar-refractivity contribution in [3.05, 3.63) is 71.5 Å². The highest BCUT2D eigenvalue weighted by Gasteiger charge is 2.28. The van der Waals surface area contributed by atoms with Crippen LogP contribution >= 0.6 is 0 Å². The fourth-order valence-corrected chi connectivity index (χ4v) is 3.13. The summed E-state index contributed by atoms with van der Waals surface area (Å²) >= 11 is 0. The molecule has 2 N–H and O–H groups in total. The molecule has 2 aromatic carbocycles. The monoisotopic (exact) mass is 377 g/mol. The third-order valence-corrected chi connectivity index (χ3v) is 4.71. The Morgan fingerprint density at radius 2 is 1.93 bits per heavy atom. The Morgan fingerprint density at radius 1 is 1.18 bits per heavy atom. The van der Waals surface area contributed by atoms with E-state index in [1.54, 1.807) is 24.3 Å². The zero-order valence-electron chi connectivity index (χ0n) is 15.3. The largest absolute Gasteiger partial charge is 0.459 e. The average Bonchev–Trinajstić information content (AvgIpc) is 3.27. The average molecular weight is 377 g/mol.